The Bertz CT molecular complexity index is 515. The fourth-order valence-electron chi connectivity index (χ4n) is 2.68. The molecule has 0 aromatic rings. The molecule has 0 bridgehead atoms. The molecule has 7 heteroatoms. The molecule has 0 aromatic carbocycles. The monoisotopic (exact) mass is 395 g/mol. The third-order valence-electron chi connectivity index (χ3n) is 4.00. The largest absolute Gasteiger partial charge is 0.481 e. The summed E-state index contributed by atoms with van der Waals surface area (Å²) in [7, 11) is 0. The predicted octanol–water partition coefficient (Wildman–Crippen LogP) is 4.34. The van der Waals surface area contributed by atoms with Crippen LogP contribution >= 0.6 is 0 Å². The first-order chi connectivity index (χ1) is 13.4. The lowest BCUT2D eigenvalue weighted by molar-refractivity contribution is -0.00576. The standard InChI is InChI=1S/C21H41N5O2/c1-8-11-14-26(13-9-2)21(16-20(22)25-23-7)24-18(6)27-15-12-19(10-3)28-17(4)5/h16-17,19H,7-15H2,1-6H3,(H2,22,25)/b21-16+,24-18+. The van der Waals surface area contributed by atoms with Gasteiger partial charge in [-0.2, -0.15) is 5.10 Å². The Morgan fingerprint density at radius 1 is 1.18 bits per heavy atom. The van der Waals surface area contributed by atoms with E-state index in [2.05, 4.69) is 61.4 Å². The summed E-state index contributed by atoms with van der Waals surface area (Å²) in [5.74, 6) is 1.61. The van der Waals surface area contributed by atoms with Gasteiger partial charge in [-0.3, -0.25) is 0 Å². The fourth-order valence-corrected chi connectivity index (χ4v) is 2.68. The van der Waals surface area contributed by atoms with Gasteiger partial charge in [0.25, 0.3) is 0 Å². The van der Waals surface area contributed by atoms with Gasteiger partial charge in [-0.15, -0.1) is 5.10 Å². The third kappa shape index (κ3) is 12.5. The fraction of sp³-hybridized carbons (Fsp3) is 0.762. The van der Waals surface area contributed by atoms with Crippen LogP contribution in [0.15, 0.2) is 27.1 Å². The Labute approximate surface area is 171 Å². The van der Waals surface area contributed by atoms with Gasteiger partial charge in [0.15, 0.2) is 5.90 Å². The van der Waals surface area contributed by atoms with E-state index in [-0.39, 0.29) is 18.0 Å². The molecule has 0 rings (SSSR count). The summed E-state index contributed by atoms with van der Waals surface area (Å²) in [6, 6.07) is 0. The molecule has 0 fully saturated rings. The van der Waals surface area contributed by atoms with Crippen molar-refractivity contribution in [1.29, 1.82) is 0 Å². The van der Waals surface area contributed by atoms with Crippen LogP contribution in [0.1, 0.15) is 73.6 Å². The van der Waals surface area contributed by atoms with Crippen LogP contribution in [0.3, 0.4) is 0 Å². The zero-order valence-corrected chi connectivity index (χ0v) is 18.8. The minimum Gasteiger partial charge on any atom is -0.481 e. The minimum absolute atomic E-state index is 0.199. The SMILES string of the molecule is C=N\N=C(N)/C=C(\N=C(/C)OCCC(CC)OC(C)C)N(CCC)CCCC. The third-order valence-corrected chi connectivity index (χ3v) is 4.00. The second-order valence-corrected chi connectivity index (χ2v) is 6.99. The van der Waals surface area contributed by atoms with Gasteiger partial charge in [-0.25, -0.2) is 4.99 Å². The molecule has 2 N–H and O–H groups in total. The smallest absolute Gasteiger partial charge is 0.186 e. The van der Waals surface area contributed by atoms with E-state index in [1.165, 1.54) is 0 Å². The molecule has 0 radical (unpaired) electrons. The van der Waals surface area contributed by atoms with Gasteiger partial charge in [0.2, 0.25) is 0 Å². The van der Waals surface area contributed by atoms with Crippen molar-refractivity contribution in [3.05, 3.63) is 11.9 Å². The first kappa shape index (κ1) is 26.1. The molecule has 0 amide bonds. The van der Waals surface area contributed by atoms with Crippen molar-refractivity contribution in [3.8, 4) is 0 Å². The summed E-state index contributed by atoms with van der Waals surface area (Å²) in [4.78, 5) is 6.88. The van der Waals surface area contributed by atoms with Crippen molar-refractivity contribution in [2.24, 2.45) is 20.9 Å². The number of ether oxygens (including phenoxy) is 2. The van der Waals surface area contributed by atoms with Crippen LogP contribution in [0.5, 0.6) is 0 Å². The summed E-state index contributed by atoms with van der Waals surface area (Å²) in [6.07, 6.45) is 7.14. The van der Waals surface area contributed by atoms with E-state index in [1.54, 1.807) is 6.08 Å². The average Bonchev–Trinajstić information content (AvgIpc) is 2.63. The van der Waals surface area contributed by atoms with Crippen molar-refractivity contribution >= 4 is 18.5 Å². The van der Waals surface area contributed by atoms with E-state index in [4.69, 9.17) is 15.2 Å². The van der Waals surface area contributed by atoms with Crippen LogP contribution in [-0.4, -0.2) is 55.3 Å². The quantitative estimate of drug-likeness (QED) is 0.254. The highest BCUT2D eigenvalue weighted by Crippen LogP contribution is 2.12. The van der Waals surface area contributed by atoms with Gasteiger partial charge in [-0.1, -0.05) is 27.2 Å². The van der Waals surface area contributed by atoms with Crippen molar-refractivity contribution < 1.29 is 9.47 Å². The van der Waals surface area contributed by atoms with Crippen LogP contribution in [0.2, 0.25) is 0 Å². The van der Waals surface area contributed by atoms with Crippen LogP contribution in [0.25, 0.3) is 0 Å². The maximum atomic E-state index is 5.91. The normalized spacial score (nSPS) is 14.3. The zero-order valence-electron chi connectivity index (χ0n) is 18.8. The minimum atomic E-state index is 0.199. The molecule has 7 nitrogen and oxygen atoms in total. The lowest BCUT2D eigenvalue weighted by atomic mass is 10.2. The Hall–Kier alpha value is -1.89. The lowest BCUT2D eigenvalue weighted by Gasteiger charge is -2.25. The molecular formula is C21H41N5O2. The van der Waals surface area contributed by atoms with Gasteiger partial charge in [-0.05, 0) is 33.1 Å². The van der Waals surface area contributed by atoms with Gasteiger partial charge in [0, 0.05) is 39.2 Å². The second kappa shape index (κ2) is 16.1. The molecular weight excluding hydrogens is 354 g/mol. The van der Waals surface area contributed by atoms with Gasteiger partial charge >= 0.3 is 0 Å². The Morgan fingerprint density at radius 3 is 2.43 bits per heavy atom. The highest BCUT2D eigenvalue weighted by molar-refractivity contribution is 5.92. The molecule has 0 spiro atoms. The number of nitrogens with two attached hydrogens (primary N) is 1. The molecule has 0 saturated carbocycles. The molecule has 162 valence electrons. The summed E-state index contributed by atoms with van der Waals surface area (Å²) in [5, 5.41) is 7.29. The zero-order chi connectivity index (χ0) is 21.4. The van der Waals surface area contributed by atoms with E-state index in [0.29, 0.717) is 12.5 Å². The van der Waals surface area contributed by atoms with Crippen LogP contribution < -0.4 is 5.73 Å². The van der Waals surface area contributed by atoms with Gasteiger partial charge < -0.3 is 20.1 Å². The lowest BCUT2D eigenvalue weighted by Crippen LogP contribution is -2.27. The maximum absolute atomic E-state index is 5.91. The summed E-state index contributed by atoms with van der Waals surface area (Å²) in [5.41, 5.74) is 5.91. The molecule has 28 heavy (non-hydrogen) atoms. The van der Waals surface area contributed by atoms with Gasteiger partial charge in [0.1, 0.15) is 11.7 Å². The first-order valence-electron chi connectivity index (χ1n) is 10.5. The number of nitrogens with zero attached hydrogens (tertiary/aromatic N) is 4. The molecule has 0 heterocycles. The van der Waals surface area contributed by atoms with Crippen molar-refractivity contribution in [2.45, 2.75) is 85.9 Å². The average molecular weight is 396 g/mol. The first-order valence-corrected chi connectivity index (χ1v) is 10.5. The second-order valence-electron chi connectivity index (χ2n) is 6.99. The molecule has 1 atom stereocenters. The van der Waals surface area contributed by atoms with E-state index >= 15 is 0 Å². The van der Waals surface area contributed by atoms with Crippen molar-refractivity contribution in [1.82, 2.24) is 4.90 Å². The number of rotatable bonds is 15. The predicted molar refractivity (Wildman–Crippen MR) is 120 cm³/mol. The Balaban J connectivity index is 5.20. The summed E-state index contributed by atoms with van der Waals surface area (Å²) < 4.78 is 11.7. The summed E-state index contributed by atoms with van der Waals surface area (Å²) in [6.45, 7) is 18.1. The number of hydrogen-bond acceptors (Lipinski definition) is 6. The van der Waals surface area contributed by atoms with Gasteiger partial charge in [0.05, 0.1) is 18.8 Å². The van der Waals surface area contributed by atoms with Crippen LogP contribution in [0.4, 0.5) is 0 Å². The van der Waals surface area contributed by atoms with Crippen molar-refractivity contribution in [3.63, 3.8) is 0 Å². The maximum Gasteiger partial charge on any atom is 0.186 e. The van der Waals surface area contributed by atoms with E-state index in [1.807, 2.05) is 6.92 Å². The number of hydrogen-bond donors (Lipinski definition) is 1. The van der Waals surface area contributed by atoms with E-state index in [9.17, 15) is 0 Å². The highest BCUT2D eigenvalue weighted by Gasteiger charge is 2.11. The Kier molecular flexibility index (Phi) is 15.0. The van der Waals surface area contributed by atoms with Crippen LogP contribution in [0, 0.1) is 0 Å². The molecule has 0 aliphatic heterocycles. The highest BCUT2D eigenvalue weighted by atomic mass is 16.5. The Morgan fingerprint density at radius 2 is 1.89 bits per heavy atom. The summed E-state index contributed by atoms with van der Waals surface area (Å²) >= 11 is 0. The molecule has 0 saturated heterocycles. The molecule has 0 aliphatic carbocycles. The number of aliphatic imine (C=N–C) groups is 1. The van der Waals surface area contributed by atoms with E-state index < -0.39 is 0 Å². The molecule has 1 unspecified atom stereocenters. The number of amidine groups is 1. The topological polar surface area (TPSA) is 84.8 Å². The van der Waals surface area contributed by atoms with Crippen molar-refractivity contribution in [2.75, 3.05) is 19.7 Å². The number of unbranched alkanes of at least 4 members (excludes halogenated alkanes) is 1. The van der Waals surface area contributed by atoms with Crippen LogP contribution in [-0.2, 0) is 9.47 Å². The molecule has 0 aromatic heterocycles. The molecule has 0 aliphatic rings. The van der Waals surface area contributed by atoms with E-state index in [0.717, 1.165) is 51.0 Å².